The van der Waals surface area contributed by atoms with Crippen molar-refractivity contribution in [1.82, 2.24) is 20.0 Å². The first-order valence-corrected chi connectivity index (χ1v) is 8.94. The quantitative estimate of drug-likeness (QED) is 0.566. The molecule has 0 spiro atoms. The minimum absolute atomic E-state index is 0.129. The normalized spacial score (nSPS) is 11.3. The monoisotopic (exact) mass is 359 g/mol. The second-order valence-corrected chi connectivity index (χ2v) is 6.87. The van der Waals surface area contributed by atoms with Crippen molar-refractivity contribution in [1.29, 1.82) is 0 Å². The highest BCUT2D eigenvalue weighted by Gasteiger charge is 2.22. The number of aromatic amines is 1. The van der Waals surface area contributed by atoms with Crippen LogP contribution in [0.1, 0.15) is 41.4 Å². The maximum atomic E-state index is 13.0. The van der Waals surface area contributed by atoms with E-state index in [9.17, 15) is 4.79 Å². The molecule has 0 saturated heterocycles. The Hall–Kier alpha value is -3.41. The minimum atomic E-state index is -0.212. The van der Waals surface area contributed by atoms with Crippen LogP contribution in [-0.2, 0) is 0 Å². The number of hydrogen-bond acceptors (Lipinski definition) is 3. The molecule has 0 bridgehead atoms. The summed E-state index contributed by atoms with van der Waals surface area (Å²) in [6, 6.07) is 15.7. The lowest BCUT2D eigenvalue weighted by atomic mass is 10.0. The molecule has 2 aromatic carbocycles. The van der Waals surface area contributed by atoms with Gasteiger partial charge in [0.2, 0.25) is 0 Å². The molecule has 4 rings (SSSR count). The predicted octanol–water partition coefficient (Wildman–Crippen LogP) is 4.43. The number of nitrogens with one attached hydrogen (secondary N) is 2. The molecule has 0 fully saturated rings. The number of aromatic nitrogens is 4. The molecule has 6 nitrogen and oxygen atoms in total. The van der Waals surface area contributed by atoms with Crippen molar-refractivity contribution in [2.45, 2.75) is 26.7 Å². The lowest BCUT2D eigenvalue weighted by molar-refractivity contribution is 0.102. The smallest absolute Gasteiger partial charge is 0.260 e. The fourth-order valence-electron chi connectivity index (χ4n) is 3.32. The first-order chi connectivity index (χ1) is 13.1. The van der Waals surface area contributed by atoms with Gasteiger partial charge in [0.15, 0.2) is 5.82 Å². The van der Waals surface area contributed by atoms with Crippen molar-refractivity contribution in [3.05, 3.63) is 71.5 Å². The van der Waals surface area contributed by atoms with Gasteiger partial charge in [0.05, 0.1) is 28.7 Å². The zero-order chi connectivity index (χ0) is 19.0. The van der Waals surface area contributed by atoms with Gasteiger partial charge in [-0.3, -0.25) is 9.89 Å². The van der Waals surface area contributed by atoms with Crippen LogP contribution >= 0.6 is 0 Å². The van der Waals surface area contributed by atoms with E-state index in [0.717, 1.165) is 27.8 Å². The topological polar surface area (TPSA) is 75.6 Å². The molecule has 27 heavy (non-hydrogen) atoms. The van der Waals surface area contributed by atoms with Crippen molar-refractivity contribution in [3.8, 4) is 5.69 Å². The van der Waals surface area contributed by atoms with Crippen LogP contribution in [0.15, 0.2) is 54.7 Å². The van der Waals surface area contributed by atoms with E-state index >= 15 is 0 Å². The van der Waals surface area contributed by atoms with Crippen LogP contribution in [0.2, 0.25) is 0 Å². The highest BCUT2D eigenvalue weighted by molar-refractivity contribution is 6.08. The number of benzene rings is 2. The van der Waals surface area contributed by atoms with Crippen molar-refractivity contribution < 1.29 is 4.79 Å². The zero-order valence-electron chi connectivity index (χ0n) is 15.5. The first-order valence-electron chi connectivity index (χ1n) is 8.94. The van der Waals surface area contributed by atoms with Crippen molar-refractivity contribution >= 4 is 22.6 Å². The molecular weight excluding hydrogens is 338 g/mol. The van der Waals surface area contributed by atoms with Crippen LogP contribution < -0.4 is 5.32 Å². The lowest BCUT2D eigenvalue weighted by Crippen LogP contribution is -2.16. The van der Waals surface area contributed by atoms with E-state index in [2.05, 4.69) is 34.5 Å². The average molecular weight is 359 g/mol. The molecule has 136 valence electrons. The molecule has 0 radical (unpaired) electrons. The summed E-state index contributed by atoms with van der Waals surface area (Å²) >= 11 is 0. The average Bonchev–Trinajstić information content (AvgIpc) is 3.27. The lowest BCUT2D eigenvalue weighted by Gasteiger charge is -2.14. The minimum Gasteiger partial charge on any atom is -0.304 e. The third-order valence-electron chi connectivity index (χ3n) is 4.64. The molecule has 1 amide bonds. The van der Waals surface area contributed by atoms with Crippen LogP contribution in [0.3, 0.4) is 0 Å². The van der Waals surface area contributed by atoms with Gasteiger partial charge in [-0.2, -0.15) is 10.2 Å². The van der Waals surface area contributed by atoms with Crippen LogP contribution in [0.25, 0.3) is 16.6 Å². The van der Waals surface area contributed by atoms with Gasteiger partial charge >= 0.3 is 0 Å². The summed E-state index contributed by atoms with van der Waals surface area (Å²) in [6.07, 6.45) is 1.63. The van der Waals surface area contributed by atoms with Gasteiger partial charge in [0, 0.05) is 5.39 Å². The summed E-state index contributed by atoms with van der Waals surface area (Å²) in [6.45, 7) is 6.16. The summed E-state index contributed by atoms with van der Waals surface area (Å²) in [5, 5.41) is 15.5. The number of rotatable bonds is 4. The van der Waals surface area contributed by atoms with Crippen molar-refractivity contribution in [2.75, 3.05) is 5.32 Å². The highest BCUT2D eigenvalue weighted by atomic mass is 16.1. The van der Waals surface area contributed by atoms with E-state index in [4.69, 9.17) is 0 Å². The van der Waals surface area contributed by atoms with Crippen molar-refractivity contribution in [3.63, 3.8) is 0 Å². The number of H-pyrrole nitrogens is 1. The molecule has 2 aromatic heterocycles. The van der Waals surface area contributed by atoms with Crippen LogP contribution in [0.5, 0.6) is 0 Å². The van der Waals surface area contributed by atoms with Crippen LogP contribution in [-0.4, -0.2) is 25.9 Å². The van der Waals surface area contributed by atoms with Gasteiger partial charge in [-0.25, -0.2) is 4.68 Å². The molecule has 0 aliphatic rings. The van der Waals surface area contributed by atoms with Gasteiger partial charge < -0.3 is 5.32 Å². The molecule has 6 heteroatoms. The third kappa shape index (κ3) is 2.99. The molecular formula is C21H21N5O. The van der Waals surface area contributed by atoms with Gasteiger partial charge in [-0.15, -0.1) is 0 Å². The second kappa shape index (κ2) is 6.72. The third-order valence-corrected chi connectivity index (χ3v) is 4.64. The van der Waals surface area contributed by atoms with E-state index < -0.39 is 0 Å². The van der Waals surface area contributed by atoms with Gasteiger partial charge in [-0.05, 0) is 36.6 Å². The summed E-state index contributed by atoms with van der Waals surface area (Å²) in [5.41, 5.74) is 4.40. The predicted molar refractivity (Wildman–Crippen MR) is 106 cm³/mol. The number of aryl methyl sites for hydroxylation is 1. The summed E-state index contributed by atoms with van der Waals surface area (Å²) < 4.78 is 1.86. The van der Waals surface area contributed by atoms with Gasteiger partial charge in [0.25, 0.3) is 5.91 Å². The molecule has 2 heterocycles. The van der Waals surface area contributed by atoms with E-state index in [1.165, 1.54) is 0 Å². The Labute approximate surface area is 157 Å². The Morgan fingerprint density at radius 1 is 1.11 bits per heavy atom. The molecule has 0 unspecified atom stereocenters. The maximum absolute atomic E-state index is 13.0. The van der Waals surface area contributed by atoms with E-state index in [1.54, 1.807) is 6.20 Å². The highest BCUT2D eigenvalue weighted by Crippen LogP contribution is 2.26. The number of para-hydroxylation sites is 2. The van der Waals surface area contributed by atoms with Gasteiger partial charge in [-0.1, -0.05) is 44.2 Å². The SMILES string of the molecule is Cc1ccccc1-n1ncc(C(=O)Nc2n[nH]c3ccccc23)c1C(C)C. The summed E-state index contributed by atoms with van der Waals surface area (Å²) in [5.74, 6) is 0.438. The Morgan fingerprint density at radius 2 is 1.85 bits per heavy atom. The second-order valence-electron chi connectivity index (χ2n) is 6.87. The number of amides is 1. The molecule has 0 aliphatic heterocycles. The fourth-order valence-corrected chi connectivity index (χ4v) is 3.32. The number of carbonyl (C=O) groups is 1. The zero-order valence-corrected chi connectivity index (χ0v) is 15.5. The standard InChI is InChI=1S/C21H21N5O/c1-13(2)19-16(12-22-26(19)18-11-7-4-8-14(18)3)21(27)23-20-15-9-5-6-10-17(15)24-25-20/h4-13H,1-3H3,(H2,23,24,25,27). The Bertz CT molecular complexity index is 1120. The molecule has 0 saturated carbocycles. The number of anilines is 1. The number of carbonyl (C=O) groups excluding carboxylic acids is 1. The summed E-state index contributed by atoms with van der Waals surface area (Å²) in [4.78, 5) is 13.0. The number of nitrogens with zero attached hydrogens (tertiary/aromatic N) is 3. The van der Waals surface area contributed by atoms with E-state index in [-0.39, 0.29) is 11.8 Å². The summed E-state index contributed by atoms with van der Waals surface area (Å²) in [7, 11) is 0. The largest absolute Gasteiger partial charge is 0.304 e. The molecule has 0 atom stereocenters. The number of fused-ring (bicyclic) bond motifs is 1. The van der Waals surface area contributed by atoms with Crippen LogP contribution in [0, 0.1) is 6.92 Å². The van der Waals surface area contributed by atoms with Crippen LogP contribution in [0.4, 0.5) is 5.82 Å². The molecule has 0 aliphatic carbocycles. The Balaban J connectivity index is 1.73. The first kappa shape index (κ1) is 17.0. The Morgan fingerprint density at radius 3 is 2.63 bits per heavy atom. The van der Waals surface area contributed by atoms with Gasteiger partial charge in [0.1, 0.15) is 0 Å². The number of hydrogen-bond donors (Lipinski definition) is 2. The van der Waals surface area contributed by atoms with Crippen molar-refractivity contribution in [2.24, 2.45) is 0 Å². The maximum Gasteiger partial charge on any atom is 0.260 e. The molecule has 4 aromatic rings. The van der Waals surface area contributed by atoms with E-state index in [0.29, 0.717) is 11.4 Å². The Kier molecular flexibility index (Phi) is 4.24. The molecule has 2 N–H and O–H groups in total. The van der Waals surface area contributed by atoms with E-state index in [1.807, 2.05) is 60.1 Å². The fraction of sp³-hybridized carbons (Fsp3) is 0.190.